The van der Waals surface area contributed by atoms with E-state index in [0.29, 0.717) is 0 Å². The van der Waals surface area contributed by atoms with Crippen molar-refractivity contribution >= 4 is 29.0 Å². The molecule has 0 atom stereocenters. The van der Waals surface area contributed by atoms with Gasteiger partial charge in [0.2, 0.25) is 0 Å². The van der Waals surface area contributed by atoms with Gasteiger partial charge in [-0.15, -0.1) is 12.4 Å². The van der Waals surface area contributed by atoms with Crippen LogP contribution in [0.15, 0.2) is 12.1 Å². The van der Waals surface area contributed by atoms with Gasteiger partial charge in [0, 0.05) is 16.8 Å². The highest BCUT2D eigenvalue weighted by molar-refractivity contribution is 5.96. The molecule has 0 aliphatic heterocycles. The molecule has 2 N–H and O–H groups in total. The summed E-state index contributed by atoms with van der Waals surface area (Å²) in [4.78, 5) is 4.73. The molecular weight excluding hydrogens is 232 g/mol. The topological polar surface area (TPSA) is 38.9 Å². The number of aromatic nitrogens is 1. The third-order valence-corrected chi connectivity index (χ3v) is 3.28. The van der Waals surface area contributed by atoms with Gasteiger partial charge < -0.3 is 5.73 Å². The number of aryl methyl sites for hydroxylation is 3. The van der Waals surface area contributed by atoms with Crippen LogP contribution in [0.25, 0.3) is 10.9 Å². The smallest absolute Gasteiger partial charge is 0.0758 e. The Balaban J connectivity index is 0.00000144. The van der Waals surface area contributed by atoms with Gasteiger partial charge in [0.15, 0.2) is 0 Å². The van der Waals surface area contributed by atoms with Crippen molar-refractivity contribution in [2.45, 2.75) is 34.1 Å². The summed E-state index contributed by atoms with van der Waals surface area (Å²) in [6, 6.07) is 4.22. The molecule has 0 bridgehead atoms. The Morgan fingerprint density at radius 3 is 2.29 bits per heavy atom. The number of rotatable bonds is 1. The zero-order chi connectivity index (χ0) is 11.9. The van der Waals surface area contributed by atoms with Gasteiger partial charge in [0.25, 0.3) is 0 Å². The Labute approximate surface area is 109 Å². The molecule has 0 radical (unpaired) electrons. The van der Waals surface area contributed by atoms with Gasteiger partial charge in [-0.3, -0.25) is 4.98 Å². The van der Waals surface area contributed by atoms with Crippen LogP contribution in [0.4, 0.5) is 5.69 Å². The molecule has 1 aromatic heterocycles. The predicted molar refractivity (Wildman–Crippen MR) is 77.0 cm³/mol. The van der Waals surface area contributed by atoms with Gasteiger partial charge in [-0.25, -0.2) is 0 Å². The lowest BCUT2D eigenvalue weighted by atomic mass is 10.00. The summed E-state index contributed by atoms with van der Waals surface area (Å²) in [5, 5.41) is 1.12. The maximum Gasteiger partial charge on any atom is 0.0758 e. The fourth-order valence-electron chi connectivity index (χ4n) is 2.19. The van der Waals surface area contributed by atoms with Crippen LogP contribution < -0.4 is 5.73 Å². The van der Waals surface area contributed by atoms with Crippen molar-refractivity contribution in [3.05, 3.63) is 34.5 Å². The minimum Gasteiger partial charge on any atom is -0.398 e. The van der Waals surface area contributed by atoms with Crippen LogP contribution in [0.3, 0.4) is 0 Å². The van der Waals surface area contributed by atoms with Gasteiger partial charge >= 0.3 is 0 Å². The summed E-state index contributed by atoms with van der Waals surface area (Å²) in [6.07, 6.45) is 0.930. The van der Waals surface area contributed by atoms with Gasteiger partial charge in [-0.1, -0.05) is 19.1 Å². The highest BCUT2D eigenvalue weighted by Crippen LogP contribution is 2.30. The minimum atomic E-state index is 0. The standard InChI is InChI=1S/C14H18N2.ClH/c1-5-11-10(4)13(15)12-8(2)6-7-9(3)14(12)16-11;/h6-7H,5H2,1-4H3,(H2,15,16);1H. The van der Waals surface area contributed by atoms with Crippen LogP contribution in [0, 0.1) is 20.8 Å². The van der Waals surface area contributed by atoms with Gasteiger partial charge in [-0.05, 0) is 43.9 Å². The van der Waals surface area contributed by atoms with E-state index in [1.54, 1.807) is 0 Å². The Morgan fingerprint density at radius 2 is 1.71 bits per heavy atom. The number of anilines is 1. The zero-order valence-electron chi connectivity index (χ0n) is 10.8. The van der Waals surface area contributed by atoms with Crippen LogP contribution in [-0.4, -0.2) is 4.98 Å². The van der Waals surface area contributed by atoms with Crippen LogP contribution >= 0.6 is 12.4 Å². The first kappa shape index (κ1) is 13.8. The first-order valence-corrected chi connectivity index (χ1v) is 5.71. The van der Waals surface area contributed by atoms with Crippen molar-refractivity contribution in [3.8, 4) is 0 Å². The number of hydrogen-bond donors (Lipinski definition) is 1. The average molecular weight is 251 g/mol. The molecule has 1 aromatic carbocycles. The van der Waals surface area contributed by atoms with E-state index in [0.717, 1.165) is 34.3 Å². The van der Waals surface area contributed by atoms with Crippen molar-refractivity contribution in [2.75, 3.05) is 5.73 Å². The number of pyridine rings is 1. The van der Waals surface area contributed by atoms with E-state index in [9.17, 15) is 0 Å². The second-order valence-electron chi connectivity index (χ2n) is 4.37. The third kappa shape index (κ3) is 2.09. The summed E-state index contributed by atoms with van der Waals surface area (Å²) < 4.78 is 0. The molecule has 17 heavy (non-hydrogen) atoms. The first-order chi connectivity index (χ1) is 7.56. The molecular formula is C14H19ClN2. The van der Waals surface area contributed by atoms with Gasteiger partial charge in [0.05, 0.1) is 5.52 Å². The highest BCUT2D eigenvalue weighted by atomic mass is 35.5. The fraction of sp³-hybridized carbons (Fsp3) is 0.357. The largest absolute Gasteiger partial charge is 0.398 e. The third-order valence-electron chi connectivity index (χ3n) is 3.28. The SMILES string of the molecule is CCc1nc2c(C)ccc(C)c2c(N)c1C.Cl. The predicted octanol–water partition coefficient (Wildman–Crippen LogP) is 3.73. The zero-order valence-corrected chi connectivity index (χ0v) is 11.6. The number of fused-ring (bicyclic) bond motifs is 1. The molecule has 0 amide bonds. The highest BCUT2D eigenvalue weighted by Gasteiger charge is 2.11. The summed E-state index contributed by atoms with van der Waals surface area (Å²) >= 11 is 0. The van der Waals surface area contributed by atoms with E-state index in [-0.39, 0.29) is 12.4 Å². The van der Waals surface area contributed by atoms with Crippen molar-refractivity contribution < 1.29 is 0 Å². The van der Waals surface area contributed by atoms with E-state index in [1.807, 2.05) is 0 Å². The summed E-state index contributed by atoms with van der Waals surface area (Å²) in [5.74, 6) is 0. The van der Waals surface area contributed by atoms with E-state index in [2.05, 4.69) is 39.8 Å². The molecule has 3 heteroatoms. The van der Waals surface area contributed by atoms with Crippen molar-refractivity contribution in [3.63, 3.8) is 0 Å². The molecule has 0 fully saturated rings. The summed E-state index contributed by atoms with van der Waals surface area (Å²) in [7, 11) is 0. The summed E-state index contributed by atoms with van der Waals surface area (Å²) in [6.45, 7) is 8.35. The van der Waals surface area contributed by atoms with E-state index in [4.69, 9.17) is 10.7 Å². The lowest BCUT2D eigenvalue weighted by molar-refractivity contribution is 1.03. The molecule has 2 aromatic rings. The minimum absolute atomic E-state index is 0. The molecule has 0 aliphatic rings. The molecule has 1 heterocycles. The molecule has 0 saturated carbocycles. The summed E-state index contributed by atoms with van der Waals surface area (Å²) in [5.41, 5.74) is 12.8. The Kier molecular flexibility index (Phi) is 3.99. The van der Waals surface area contributed by atoms with E-state index >= 15 is 0 Å². The second-order valence-corrected chi connectivity index (χ2v) is 4.37. The molecule has 2 rings (SSSR count). The molecule has 0 spiro atoms. The monoisotopic (exact) mass is 250 g/mol. The number of nitrogens with two attached hydrogens (primary N) is 1. The molecule has 2 nitrogen and oxygen atoms in total. The number of benzene rings is 1. The normalized spacial score (nSPS) is 10.4. The van der Waals surface area contributed by atoms with Gasteiger partial charge in [-0.2, -0.15) is 0 Å². The van der Waals surface area contributed by atoms with Crippen LogP contribution in [0.5, 0.6) is 0 Å². The lowest BCUT2D eigenvalue weighted by Gasteiger charge is -2.13. The quantitative estimate of drug-likeness (QED) is 0.838. The second kappa shape index (κ2) is 4.92. The van der Waals surface area contributed by atoms with Crippen molar-refractivity contribution in [2.24, 2.45) is 0 Å². The maximum absolute atomic E-state index is 6.22. The van der Waals surface area contributed by atoms with Crippen LogP contribution in [0.1, 0.15) is 29.3 Å². The molecule has 0 unspecified atom stereocenters. The van der Waals surface area contributed by atoms with E-state index in [1.165, 1.54) is 11.1 Å². The van der Waals surface area contributed by atoms with Crippen molar-refractivity contribution in [1.29, 1.82) is 0 Å². The molecule has 0 aliphatic carbocycles. The molecule has 0 saturated heterocycles. The number of hydrogen-bond acceptors (Lipinski definition) is 2. The Bertz CT molecular complexity index is 562. The fourth-order valence-corrected chi connectivity index (χ4v) is 2.19. The Morgan fingerprint density at radius 1 is 1.12 bits per heavy atom. The van der Waals surface area contributed by atoms with Crippen molar-refractivity contribution in [1.82, 2.24) is 4.98 Å². The lowest BCUT2D eigenvalue weighted by Crippen LogP contribution is -2.02. The maximum atomic E-state index is 6.22. The van der Waals surface area contributed by atoms with Crippen LogP contribution in [-0.2, 0) is 6.42 Å². The van der Waals surface area contributed by atoms with Crippen LogP contribution in [0.2, 0.25) is 0 Å². The number of halogens is 1. The number of nitrogen functional groups attached to an aromatic ring is 1. The Hall–Kier alpha value is -1.28. The number of nitrogens with zero attached hydrogens (tertiary/aromatic N) is 1. The van der Waals surface area contributed by atoms with Gasteiger partial charge in [0.1, 0.15) is 0 Å². The molecule has 92 valence electrons. The first-order valence-electron chi connectivity index (χ1n) is 5.71. The van der Waals surface area contributed by atoms with E-state index < -0.39 is 0 Å². The average Bonchev–Trinajstić information content (AvgIpc) is 2.27.